The van der Waals surface area contributed by atoms with Crippen molar-refractivity contribution >= 4 is 5.69 Å². The van der Waals surface area contributed by atoms with Crippen LogP contribution in [0, 0.1) is 6.92 Å². The topological polar surface area (TPSA) is 17.0 Å². The molecule has 0 atom stereocenters. The van der Waals surface area contributed by atoms with Gasteiger partial charge < -0.3 is 9.88 Å². The van der Waals surface area contributed by atoms with Crippen LogP contribution in [0.4, 0.5) is 5.69 Å². The highest BCUT2D eigenvalue weighted by Gasteiger charge is 2.04. The van der Waals surface area contributed by atoms with Crippen molar-refractivity contribution in [2.75, 3.05) is 5.32 Å². The number of para-hydroxylation sites is 1. The third-order valence-corrected chi connectivity index (χ3v) is 3.50. The molecule has 19 heavy (non-hydrogen) atoms. The van der Waals surface area contributed by atoms with Gasteiger partial charge in [0.2, 0.25) is 0 Å². The van der Waals surface area contributed by atoms with Crippen LogP contribution in [0.25, 0.3) is 0 Å². The summed E-state index contributed by atoms with van der Waals surface area (Å²) in [6.07, 6.45) is 6.65. The van der Waals surface area contributed by atoms with Gasteiger partial charge in [-0.15, -0.1) is 0 Å². The molecule has 0 unspecified atom stereocenters. The van der Waals surface area contributed by atoms with E-state index < -0.39 is 0 Å². The second-order valence-electron chi connectivity index (χ2n) is 5.07. The molecule has 0 radical (unpaired) electrons. The van der Waals surface area contributed by atoms with Crippen molar-refractivity contribution in [3.63, 3.8) is 0 Å². The molecule has 0 saturated carbocycles. The van der Waals surface area contributed by atoms with Gasteiger partial charge in [-0.25, -0.2) is 0 Å². The van der Waals surface area contributed by atoms with Crippen molar-refractivity contribution in [3.05, 3.63) is 53.3 Å². The minimum atomic E-state index is 0.897. The summed E-state index contributed by atoms with van der Waals surface area (Å²) < 4.78 is 2.26. The lowest BCUT2D eigenvalue weighted by Crippen LogP contribution is -2.03. The summed E-state index contributed by atoms with van der Waals surface area (Å²) in [6.45, 7) is 8.58. The summed E-state index contributed by atoms with van der Waals surface area (Å²) >= 11 is 0. The van der Waals surface area contributed by atoms with Gasteiger partial charge in [-0.1, -0.05) is 32.0 Å². The first-order valence-electron chi connectivity index (χ1n) is 7.21. The van der Waals surface area contributed by atoms with Crippen LogP contribution in [0.3, 0.4) is 0 Å². The molecule has 0 aliphatic carbocycles. The average Bonchev–Trinajstić information content (AvgIpc) is 2.85. The van der Waals surface area contributed by atoms with Crippen LogP contribution < -0.4 is 5.32 Å². The number of benzene rings is 1. The largest absolute Gasteiger partial charge is 0.380 e. The molecule has 0 fully saturated rings. The van der Waals surface area contributed by atoms with E-state index in [1.165, 1.54) is 28.8 Å². The third kappa shape index (κ3) is 3.40. The second-order valence-corrected chi connectivity index (χ2v) is 5.07. The Bertz CT molecular complexity index is 526. The van der Waals surface area contributed by atoms with Gasteiger partial charge in [-0.2, -0.15) is 0 Å². The van der Waals surface area contributed by atoms with Gasteiger partial charge in [0.15, 0.2) is 0 Å². The van der Waals surface area contributed by atoms with Crippen molar-refractivity contribution in [2.45, 2.75) is 46.7 Å². The number of hydrogen-bond acceptors (Lipinski definition) is 1. The molecule has 0 aliphatic heterocycles. The zero-order valence-corrected chi connectivity index (χ0v) is 12.2. The first-order chi connectivity index (χ1) is 9.24. The van der Waals surface area contributed by atoms with Crippen LogP contribution in [0.5, 0.6) is 0 Å². The summed E-state index contributed by atoms with van der Waals surface area (Å²) in [5.74, 6) is 0. The molecule has 0 spiro atoms. The second kappa shape index (κ2) is 6.46. The van der Waals surface area contributed by atoms with Gasteiger partial charge in [-0.05, 0) is 42.5 Å². The molecule has 2 aromatic rings. The van der Waals surface area contributed by atoms with Crippen LogP contribution in [-0.4, -0.2) is 4.57 Å². The zero-order valence-electron chi connectivity index (χ0n) is 12.2. The monoisotopic (exact) mass is 256 g/mol. The number of aryl methyl sites for hydroxylation is 3. The maximum atomic E-state index is 3.59. The molecule has 0 amide bonds. The SMILES string of the molecule is CCCn1ccc(CNc2c(C)cccc2CC)c1. The number of nitrogens with zero attached hydrogens (tertiary/aromatic N) is 1. The van der Waals surface area contributed by atoms with Gasteiger partial charge in [-0.3, -0.25) is 0 Å². The summed E-state index contributed by atoms with van der Waals surface area (Å²) in [4.78, 5) is 0. The first kappa shape index (κ1) is 13.7. The minimum absolute atomic E-state index is 0.897. The number of anilines is 1. The van der Waals surface area contributed by atoms with Gasteiger partial charge in [0.1, 0.15) is 0 Å². The van der Waals surface area contributed by atoms with E-state index in [-0.39, 0.29) is 0 Å². The molecule has 1 aromatic heterocycles. The standard InChI is InChI=1S/C17H24N2/c1-4-10-19-11-9-15(13-19)12-18-17-14(3)7-6-8-16(17)5-2/h6-9,11,13,18H,4-5,10,12H2,1-3H3. The number of nitrogens with one attached hydrogen (secondary N) is 1. The fourth-order valence-corrected chi connectivity index (χ4v) is 2.46. The van der Waals surface area contributed by atoms with Crippen LogP contribution >= 0.6 is 0 Å². The normalized spacial score (nSPS) is 10.7. The smallest absolute Gasteiger partial charge is 0.0416 e. The molecule has 1 N–H and O–H groups in total. The molecule has 0 aliphatic rings. The van der Waals surface area contributed by atoms with E-state index in [1.54, 1.807) is 0 Å². The molecular weight excluding hydrogens is 232 g/mol. The lowest BCUT2D eigenvalue weighted by molar-refractivity contribution is 0.681. The highest BCUT2D eigenvalue weighted by molar-refractivity contribution is 5.57. The van der Waals surface area contributed by atoms with E-state index in [0.717, 1.165) is 19.5 Å². The maximum absolute atomic E-state index is 3.59. The zero-order chi connectivity index (χ0) is 13.7. The molecule has 1 aromatic carbocycles. The summed E-state index contributed by atoms with van der Waals surface area (Å²) in [5, 5.41) is 3.59. The van der Waals surface area contributed by atoms with E-state index in [1.807, 2.05) is 0 Å². The third-order valence-electron chi connectivity index (χ3n) is 3.50. The van der Waals surface area contributed by atoms with Crippen molar-refractivity contribution in [2.24, 2.45) is 0 Å². The first-order valence-corrected chi connectivity index (χ1v) is 7.21. The lowest BCUT2D eigenvalue weighted by atomic mass is 10.1. The summed E-state index contributed by atoms with van der Waals surface area (Å²) in [5.41, 5.74) is 5.37. The summed E-state index contributed by atoms with van der Waals surface area (Å²) in [7, 11) is 0. The number of aromatic nitrogens is 1. The highest BCUT2D eigenvalue weighted by Crippen LogP contribution is 2.21. The van der Waals surface area contributed by atoms with E-state index in [0.29, 0.717) is 0 Å². The lowest BCUT2D eigenvalue weighted by Gasteiger charge is -2.13. The molecule has 2 rings (SSSR count). The Balaban J connectivity index is 2.05. The van der Waals surface area contributed by atoms with Crippen molar-refractivity contribution in [1.82, 2.24) is 4.57 Å². The van der Waals surface area contributed by atoms with Gasteiger partial charge in [0, 0.05) is 31.2 Å². The Labute approximate surface area is 116 Å². The van der Waals surface area contributed by atoms with Crippen LogP contribution in [0.2, 0.25) is 0 Å². The van der Waals surface area contributed by atoms with Crippen molar-refractivity contribution < 1.29 is 0 Å². The Hall–Kier alpha value is -1.70. The average molecular weight is 256 g/mol. The van der Waals surface area contributed by atoms with E-state index in [9.17, 15) is 0 Å². The molecule has 102 valence electrons. The van der Waals surface area contributed by atoms with Crippen LogP contribution in [0.1, 0.15) is 37.0 Å². The predicted molar refractivity (Wildman–Crippen MR) is 82.6 cm³/mol. The molecule has 1 heterocycles. The Morgan fingerprint density at radius 2 is 2.00 bits per heavy atom. The highest BCUT2D eigenvalue weighted by atomic mass is 14.9. The van der Waals surface area contributed by atoms with E-state index >= 15 is 0 Å². The Morgan fingerprint density at radius 1 is 1.16 bits per heavy atom. The van der Waals surface area contributed by atoms with E-state index in [2.05, 4.69) is 67.3 Å². The fraction of sp³-hybridized carbons (Fsp3) is 0.412. The maximum Gasteiger partial charge on any atom is 0.0416 e. The van der Waals surface area contributed by atoms with Crippen molar-refractivity contribution in [3.8, 4) is 0 Å². The molecule has 0 saturated heterocycles. The van der Waals surface area contributed by atoms with Gasteiger partial charge in [0.05, 0.1) is 0 Å². The molecule has 0 bridgehead atoms. The number of hydrogen-bond donors (Lipinski definition) is 1. The fourth-order valence-electron chi connectivity index (χ4n) is 2.46. The van der Waals surface area contributed by atoms with Crippen LogP contribution in [-0.2, 0) is 19.5 Å². The van der Waals surface area contributed by atoms with Crippen LogP contribution in [0.15, 0.2) is 36.7 Å². The van der Waals surface area contributed by atoms with Crippen molar-refractivity contribution in [1.29, 1.82) is 0 Å². The van der Waals surface area contributed by atoms with Gasteiger partial charge >= 0.3 is 0 Å². The number of rotatable bonds is 6. The minimum Gasteiger partial charge on any atom is -0.380 e. The quantitative estimate of drug-likeness (QED) is 0.811. The molecular formula is C17H24N2. The Morgan fingerprint density at radius 3 is 2.74 bits per heavy atom. The van der Waals surface area contributed by atoms with Gasteiger partial charge in [0.25, 0.3) is 0 Å². The summed E-state index contributed by atoms with van der Waals surface area (Å²) in [6, 6.07) is 8.71. The Kier molecular flexibility index (Phi) is 4.67. The molecule has 2 heteroatoms. The predicted octanol–water partition coefficient (Wildman–Crippen LogP) is 4.38. The molecule has 2 nitrogen and oxygen atoms in total. The van der Waals surface area contributed by atoms with E-state index in [4.69, 9.17) is 0 Å².